The average molecular weight is 387 g/mol. The van der Waals surface area contributed by atoms with E-state index in [0.29, 0.717) is 13.1 Å². The molecule has 1 heterocycles. The molecule has 0 aliphatic carbocycles. The molecule has 0 bridgehead atoms. The van der Waals surface area contributed by atoms with E-state index in [4.69, 9.17) is 4.74 Å². The van der Waals surface area contributed by atoms with Gasteiger partial charge in [-0.3, -0.25) is 9.89 Å². The van der Waals surface area contributed by atoms with Crippen LogP contribution in [0.1, 0.15) is 0 Å². The predicted molar refractivity (Wildman–Crippen MR) is 102 cm³/mol. The van der Waals surface area contributed by atoms with Crippen molar-refractivity contribution in [3.05, 3.63) is 24.3 Å². The Bertz CT molecular complexity index is 615. The van der Waals surface area contributed by atoms with Gasteiger partial charge in [-0.05, 0) is 19.2 Å². The third kappa shape index (κ3) is 6.82. The monoisotopic (exact) mass is 387 g/mol. The number of anilines is 1. The summed E-state index contributed by atoms with van der Waals surface area (Å²) < 4.78 is 42.4. The number of alkyl halides is 3. The van der Waals surface area contributed by atoms with Crippen molar-refractivity contribution in [2.75, 3.05) is 71.9 Å². The number of piperazine rings is 1. The van der Waals surface area contributed by atoms with E-state index in [0.717, 1.165) is 43.6 Å². The molecule has 1 aliphatic rings. The SMILES string of the molecule is CN=C(NCCN(C)CC(F)(F)F)N1CCN(c2cccc(OC)c2)CC1. The molecule has 1 aromatic carbocycles. The van der Waals surface area contributed by atoms with Crippen molar-refractivity contribution in [1.82, 2.24) is 15.1 Å². The fraction of sp³-hybridized carbons (Fsp3) is 0.611. The standard InChI is InChI=1S/C18H28F3N5O/c1-22-17(23-7-8-24(2)14-18(19,20)21)26-11-9-25(10-12-26)15-5-4-6-16(13-15)27-3/h4-6,13H,7-12,14H2,1-3H3,(H,22,23). The Balaban J connectivity index is 1.79. The fourth-order valence-electron chi connectivity index (χ4n) is 3.06. The van der Waals surface area contributed by atoms with Crippen molar-refractivity contribution in [3.63, 3.8) is 0 Å². The highest BCUT2D eigenvalue weighted by molar-refractivity contribution is 5.80. The molecule has 1 aromatic rings. The average Bonchev–Trinajstić information content (AvgIpc) is 2.64. The molecule has 1 fully saturated rings. The number of nitrogens with zero attached hydrogens (tertiary/aromatic N) is 4. The number of hydrogen-bond acceptors (Lipinski definition) is 4. The molecule has 6 nitrogen and oxygen atoms in total. The second kappa shape index (κ2) is 9.68. The van der Waals surface area contributed by atoms with Gasteiger partial charge in [-0.1, -0.05) is 6.07 Å². The predicted octanol–water partition coefficient (Wildman–Crippen LogP) is 1.89. The number of likely N-dealkylation sites (N-methyl/N-ethyl adjacent to an activating group) is 1. The lowest BCUT2D eigenvalue weighted by Crippen LogP contribution is -2.53. The van der Waals surface area contributed by atoms with Crippen molar-refractivity contribution in [2.45, 2.75) is 6.18 Å². The van der Waals surface area contributed by atoms with Crippen LogP contribution in [0.25, 0.3) is 0 Å². The van der Waals surface area contributed by atoms with Crippen LogP contribution in [0, 0.1) is 0 Å². The Morgan fingerprint density at radius 2 is 1.96 bits per heavy atom. The molecule has 0 unspecified atom stereocenters. The zero-order valence-corrected chi connectivity index (χ0v) is 16.1. The number of ether oxygens (including phenoxy) is 1. The Kier molecular flexibility index (Phi) is 7.58. The highest BCUT2D eigenvalue weighted by Gasteiger charge is 2.29. The van der Waals surface area contributed by atoms with Crippen LogP contribution in [0.2, 0.25) is 0 Å². The zero-order chi connectivity index (χ0) is 19.9. The van der Waals surface area contributed by atoms with Crippen LogP contribution in [0.5, 0.6) is 5.75 Å². The lowest BCUT2D eigenvalue weighted by molar-refractivity contribution is -0.142. The number of hydrogen-bond donors (Lipinski definition) is 1. The van der Waals surface area contributed by atoms with Crippen molar-refractivity contribution >= 4 is 11.6 Å². The molecular formula is C18H28F3N5O. The minimum atomic E-state index is -4.17. The van der Waals surface area contributed by atoms with Crippen LogP contribution in [0.4, 0.5) is 18.9 Å². The molecule has 0 aromatic heterocycles. The Labute approximate surface area is 158 Å². The van der Waals surface area contributed by atoms with Crippen LogP contribution >= 0.6 is 0 Å². The molecule has 1 saturated heterocycles. The summed E-state index contributed by atoms with van der Waals surface area (Å²) in [6, 6.07) is 7.96. The number of benzene rings is 1. The van der Waals surface area contributed by atoms with Gasteiger partial charge in [-0.2, -0.15) is 13.2 Å². The van der Waals surface area contributed by atoms with Crippen molar-refractivity contribution in [1.29, 1.82) is 0 Å². The van der Waals surface area contributed by atoms with Crippen LogP contribution in [0.15, 0.2) is 29.3 Å². The molecule has 0 radical (unpaired) electrons. The van der Waals surface area contributed by atoms with Crippen LogP contribution in [-0.2, 0) is 0 Å². The van der Waals surface area contributed by atoms with Crippen molar-refractivity contribution in [3.8, 4) is 5.75 Å². The minimum absolute atomic E-state index is 0.294. The number of halogens is 3. The van der Waals surface area contributed by atoms with Gasteiger partial charge in [-0.25, -0.2) is 0 Å². The number of nitrogens with one attached hydrogen (secondary N) is 1. The summed E-state index contributed by atoms with van der Waals surface area (Å²) in [6.45, 7) is 3.04. The highest BCUT2D eigenvalue weighted by Crippen LogP contribution is 2.22. The smallest absolute Gasteiger partial charge is 0.401 e. The van der Waals surface area contributed by atoms with E-state index in [1.165, 1.54) is 11.9 Å². The summed E-state index contributed by atoms with van der Waals surface area (Å²) in [4.78, 5) is 9.92. The third-order valence-corrected chi connectivity index (χ3v) is 4.44. The quantitative estimate of drug-likeness (QED) is 0.597. The number of methoxy groups -OCH3 is 1. The van der Waals surface area contributed by atoms with Crippen LogP contribution in [-0.4, -0.2) is 89.0 Å². The summed E-state index contributed by atoms with van der Waals surface area (Å²) in [7, 11) is 4.81. The Morgan fingerprint density at radius 1 is 1.26 bits per heavy atom. The summed E-state index contributed by atoms with van der Waals surface area (Å²) in [6.07, 6.45) is -4.17. The largest absolute Gasteiger partial charge is 0.497 e. The van der Waals surface area contributed by atoms with E-state index < -0.39 is 12.7 Å². The van der Waals surface area contributed by atoms with E-state index >= 15 is 0 Å². The van der Waals surface area contributed by atoms with E-state index in [1.807, 2.05) is 18.2 Å². The first-order chi connectivity index (χ1) is 12.8. The summed E-state index contributed by atoms with van der Waals surface area (Å²) in [5, 5.41) is 3.16. The maximum atomic E-state index is 12.4. The number of rotatable bonds is 6. The summed E-state index contributed by atoms with van der Waals surface area (Å²) >= 11 is 0. The van der Waals surface area contributed by atoms with Crippen molar-refractivity contribution in [2.24, 2.45) is 4.99 Å². The fourth-order valence-corrected chi connectivity index (χ4v) is 3.06. The normalized spacial score (nSPS) is 16.0. The van der Waals surface area contributed by atoms with Crippen molar-refractivity contribution < 1.29 is 17.9 Å². The molecule has 1 aliphatic heterocycles. The van der Waals surface area contributed by atoms with E-state index in [1.54, 1.807) is 14.2 Å². The maximum Gasteiger partial charge on any atom is 0.401 e. The number of guanidine groups is 1. The second-order valence-corrected chi connectivity index (χ2v) is 6.50. The first kappa shape index (κ1) is 21.1. The minimum Gasteiger partial charge on any atom is -0.497 e. The van der Waals surface area contributed by atoms with Gasteiger partial charge in [0.2, 0.25) is 0 Å². The molecule has 0 spiro atoms. The van der Waals surface area contributed by atoms with Gasteiger partial charge in [0.1, 0.15) is 5.75 Å². The lowest BCUT2D eigenvalue weighted by Gasteiger charge is -2.37. The Hall–Kier alpha value is -2.16. The lowest BCUT2D eigenvalue weighted by atomic mass is 10.2. The van der Waals surface area contributed by atoms with Gasteiger partial charge in [0, 0.05) is 58.1 Å². The highest BCUT2D eigenvalue weighted by atomic mass is 19.4. The molecule has 0 amide bonds. The van der Waals surface area contributed by atoms with Gasteiger partial charge >= 0.3 is 6.18 Å². The van der Waals surface area contributed by atoms with Gasteiger partial charge in [0.15, 0.2) is 5.96 Å². The summed E-state index contributed by atoms with van der Waals surface area (Å²) in [5.41, 5.74) is 1.12. The molecule has 0 atom stereocenters. The second-order valence-electron chi connectivity index (χ2n) is 6.50. The molecule has 27 heavy (non-hydrogen) atoms. The number of aliphatic imine (C=N–C) groups is 1. The van der Waals surface area contributed by atoms with Gasteiger partial charge in [0.05, 0.1) is 13.7 Å². The zero-order valence-electron chi connectivity index (χ0n) is 16.1. The maximum absolute atomic E-state index is 12.4. The molecule has 9 heteroatoms. The first-order valence-electron chi connectivity index (χ1n) is 8.92. The van der Waals surface area contributed by atoms with E-state index in [2.05, 4.69) is 26.2 Å². The third-order valence-electron chi connectivity index (χ3n) is 4.44. The molecular weight excluding hydrogens is 359 g/mol. The van der Waals surface area contributed by atoms with Gasteiger partial charge < -0.3 is 19.9 Å². The Morgan fingerprint density at radius 3 is 2.56 bits per heavy atom. The van der Waals surface area contributed by atoms with E-state index in [-0.39, 0.29) is 0 Å². The molecule has 1 N–H and O–H groups in total. The topological polar surface area (TPSA) is 43.3 Å². The van der Waals surface area contributed by atoms with Gasteiger partial charge in [0.25, 0.3) is 0 Å². The molecule has 0 saturated carbocycles. The summed E-state index contributed by atoms with van der Waals surface area (Å²) in [5.74, 6) is 1.55. The van der Waals surface area contributed by atoms with Crippen LogP contribution in [0.3, 0.4) is 0 Å². The molecule has 2 rings (SSSR count). The first-order valence-corrected chi connectivity index (χ1v) is 8.92. The van der Waals surface area contributed by atoms with E-state index in [9.17, 15) is 13.2 Å². The van der Waals surface area contributed by atoms with Gasteiger partial charge in [-0.15, -0.1) is 0 Å². The van der Waals surface area contributed by atoms with Crippen LogP contribution < -0.4 is 15.0 Å². The molecule has 152 valence electrons.